The molecule has 0 spiro atoms. The average molecular weight is 358 g/mol. The maximum absolute atomic E-state index is 13.3. The first-order chi connectivity index (χ1) is 13.3. The fourth-order valence-corrected chi connectivity index (χ4v) is 3.31. The van der Waals surface area contributed by atoms with E-state index in [0.29, 0.717) is 12.2 Å². The molecule has 0 aliphatic carbocycles. The predicted octanol–water partition coefficient (Wildman–Crippen LogP) is 5.25. The molecule has 0 fully saturated rings. The maximum Gasteiger partial charge on any atom is 0.262 e. The molecule has 27 heavy (non-hydrogen) atoms. The van der Waals surface area contributed by atoms with Crippen LogP contribution in [-0.2, 0) is 0 Å². The predicted molar refractivity (Wildman–Crippen MR) is 108 cm³/mol. The van der Waals surface area contributed by atoms with Crippen LogP contribution < -0.4 is 15.0 Å². The van der Waals surface area contributed by atoms with Gasteiger partial charge in [0, 0.05) is 11.4 Å². The van der Waals surface area contributed by atoms with Gasteiger partial charge in [0.15, 0.2) is 0 Å². The van der Waals surface area contributed by atoms with E-state index in [0.717, 1.165) is 29.1 Å². The fourth-order valence-electron chi connectivity index (χ4n) is 3.31. The first-order valence-electron chi connectivity index (χ1n) is 9.25. The van der Waals surface area contributed by atoms with Gasteiger partial charge in [-0.1, -0.05) is 49.4 Å². The number of carbonyl (C=O) groups is 1. The average Bonchev–Trinajstić information content (AvgIpc) is 2.73. The molecule has 1 heterocycles. The van der Waals surface area contributed by atoms with Crippen molar-refractivity contribution >= 4 is 17.3 Å². The van der Waals surface area contributed by atoms with Crippen LogP contribution in [0.1, 0.15) is 35.4 Å². The highest BCUT2D eigenvalue weighted by atomic mass is 16.5. The lowest BCUT2D eigenvalue weighted by molar-refractivity contribution is 0.0975. The van der Waals surface area contributed by atoms with Gasteiger partial charge in [0.1, 0.15) is 11.9 Å². The minimum atomic E-state index is -0.268. The molecule has 1 unspecified atom stereocenters. The van der Waals surface area contributed by atoms with Crippen LogP contribution in [-0.4, -0.2) is 12.5 Å². The quantitative estimate of drug-likeness (QED) is 0.677. The number of hydrogen-bond donors (Lipinski definition) is 1. The zero-order chi connectivity index (χ0) is 18.6. The van der Waals surface area contributed by atoms with Gasteiger partial charge in [-0.05, 0) is 48.4 Å². The summed E-state index contributed by atoms with van der Waals surface area (Å²) in [6, 6.07) is 25.4. The second-order valence-corrected chi connectivity index (χ2v) is 6.52. The Bertz CT molecular complexity index is 923. The number of hydrogen-bond acceptors (Lipinski definition) is 3. The molecule has 4 rings (SSSR count). The van der Waals surface area contributed by atoms with Crippen molar-refractivity contribution in [3.8, 4) is 5.75 Å². The summed E-state index contributed by atoms with van der Waals surface area (Å²) in [7, 11) is 0. The second-order valence-electron chi connectivity index (χ2n) is 6.52. The first-order valence-corrected chi connectivity index (χ1v) is 9.25. The Labute approximate surface area is 159 Å². The molecule has 0 radical (unpaired) electrons. The number of rotatable bonds is 5. The molecule has 4 nitrogen and oxygen atoms in total. The highest BCUT2D eigenvalue weighted by Crippen LogP contribution is 2.36. The van der Waals surface area contributed by atoms with Crippen LogP contribution >= 0.6 is 0 Å². The third-order valence-electron chi connectivity index (χ3n) is 4.63. The topological polar surface area (TPSA) is 41.6 Å². The van der Waals surface area contributed by atoms with Crippen LogP contribution in [0.2, 0.25) is 0 Å². The van der Waals surface area contributed by atoms with Crippen LogP contribution in [0.25, 0.3) is 0 Å². The van der Waals surface area contributed by atoms with Gasteiger partial charge < -0.3 is 10.1 Å². The van der Waals surface area contributed by atoms with Crippen LogP contribution in [0, 0.1) is 0 Å². The normalized spacial score (nSPS) is 15.8. The van der Waals surface area contributed by atoms with Gasteiger partial charge >= 0.3 is 0 Å². The van der Waals surface area contributed by atoms with Crippen LogP contribution in [0.3, 0.4) is 0 Å². The second kappa shape index (κ2) is 7.54. The van der Waals surface area contributed by atoms with Crippen molar-refractivity contribution in [3.63, 3.8) is 0 Å². The van der Waals surface area contributed by atoms with Crippen LogP contribution in [0.4, 0.5) is 11.4 Å². The van der Waals surface area contributed by atoms with E-state index in [9.17, 15) is 4.79 Å². The van der Waals surface area contributed by atoms with Gasteiger partial charge in [0.25, 0.3) is 5.91 Å². The molecule has 3 aromatic carbocycles. The third-order valence-corrected chi connectivity index (χ3v) is 4.63. The fraction of sp³-hybridized carbons (Fsp3) is 0.174. The summed E-state index contributed by atoms with van der Waals surface area (Å²) < 4.78 is 5.67. The van der Waals surface area contributed by atoms with E-state index in [1.54, 1.807) is 4.90 Å². The smallest absolute Gasteiger partial charge is 0.262 e. The highest BCUT2D eigenvalue weighted by Gasteiger charge is 2.33. The van der Waals surface area contributed by atoms with E-state index < -0.39 is 0 Å². The largest absolute Gasteiger partial charge is 0.494 e. The van der Waals surface area contributed by atoms with Gasteiger partial charge in [-0.15, -0.1) is 0 Å². The van der Waals surface area contributed by atoms with E-state index in [2.05, 4.69) is 12.2 Å². The lowest BCUT2D eigenvalue weighted by atomic mass is 10.0. The van der Waals surface area contributed by atoms with Crippen LogP contribution in [0.15, 0.2) is 78.9 Å². The van der Waals surface area contributed by atoms with Crippen molar-refractivity contribution in [2.75, 3.05) is 16.8 Å². The van der Waals surface area contributed by atoms with Gasteiger partial charge in [-0.3, -0.25) is 9.69 Å². The van der Waals surface area contributed by atoms with Gasteiger partial charge in [0.05, 0.1) is 12.2 Å². The Kier molecular flexibility index (Phi) is 4.79. The van der Waals surface area contributed by atoms with Gasteiger partial charge in [-0.2, -0.15) is 0 Å². The maximum atomic E-state index is 13.3. The number of carbonyl (C=O) groups excluding carboxylic acids is 1. The standard InChI is InChI=1S/C23H22N2O2/c1-2-16-27-19-14-12-18(13-15-19)25-22(17-8-4-3-5-9-17)24-21-11-7-6-10-20(21)23(25)26/h3-15,22,24H,2,16H2,1H3. The van der Waals surface area contributed by atoms with E-state index in [-0.39, 0.29) is 12.1 Å². The molecule has 0 aromatic heterocycles. The molecule has 3 aromatic rings. The Balaban J connectivity index is 1.74. The number of ether oxygens (including phenoxy) is 1. The van der Waals surface area contributed by atoms with Crippen molar-refractivity contribution in [1.82, 2.24) is 0 Å². The molecule has 1 aliphatic heterocycles. The number of anilines is 2. The Hall–Kier alpha value is -3.27. The lowest BCUT2D eigenvalue weighted by Crippen LogP contribution is -2.43. The molecule has 1 amide bonds. The molecule has 136 valence electrons. The first kappa shape index (κ1) is 17.2. The molecule has 1 N–H and O–H groups in total. The van der Waals surface area contributed by atoms with Crippen LogP contribution in [0.5, 0.6) is 5.75 Å². The molecule has 1 aliphatic rings. The van der Waals surface area contributed by atoms with E-state index in [1.165, 1.54) is 0 Å². The minimum Gasteiger partial charge on any atom is -0.494 e. The lowest BCUT2D eigenvalue weighted by Gasteiger charge is -2.38. The monoisotopic (exact) mass is 358 g/mol. The summed E-state index contributed by atoms with van der Waals surface area (Å²) in [5, 5.41) is 3.51. The van der Waals surface area contributed by atoms with Crippen molar-refractivity contribution < 1.29 is 9.53 Å². The molecule has 4 heteroatoms. The summed E-state index contributed by atoms with van der Waals surface area (Å²) in [5.74, 6) is 0.801. The summed E-state index contributed by atoms with van der Waals surface area (Å²) in [6.07, 6.45) is 0.694. The van der Waals surface area contributed by atoms with Crippen molar-refractivity contribution in [2.45, 2.75) is 19.5 Å². The van der Waals surface area contributed by atoms with Crippen molar-refractivity contribution in [1.29, 1.82) is 0 Å². The summed E-state index contributed by atoms with van der Waals surface area (Å²) in [4.78, 5) is 15.1. The number of fused-ring (bicyclic) bond motifs is 1. The highest BCUT2D eigenvalue weighted by molar-refractivity contribution is 6.12. The molecule has 0 saturated carbocycles. The van der Waals surface area contributed by atoms with E-state index in [4.69, 9.17) is 4.74 Å². The van der Waals surface area contributed by atoms with E-state index in [1.807, 2.05) is 78.9 Å². The molecule has 1 atom stereocenters. The van der Waals surface area contributed by atoms with Crippen molar-refractivity contribution in [3.05, 3.63) is 90.0 Å². The number of nitrogens with one attached hydrogen (secondary N) is 1. The zero-order valence-corrected chi connectivity index (χ0v) is 15.3. The molecular formula is C23H22N2O2. The SMILES string of the molecule is CCCOc1ccc(N2C(=O)c3ccccc3NC2c2ccccc2)cc1. The summed E-state index contributed by atoms with van der Waals surface area (Å²) in [6.45, 7) is 2.76. The molecule has 0 saturated heterocycles. The van der Waals surface area contributed by atoms with Gasteiger partial charge in [0.2, 0.25) is 0 Å². The zero-order valence-electron chi connectivity index (χ0n) is 15.3. The Morgan fingerprint density at radius 3 is 2.37 bits per heavy atom. The van der Waals surface area contributed by atoms with Crippen molar-refractivity contribution in [2.24, 2.45) is 0 Å². The number of amides is 1. The Morgan fingerprint density at radius 1 is 0.926 bits per heavy atom. The molecular weight excluding hydrogens is 336 g/mol. The summed E-state index contributed by atoms with van der Waals surface area (Å²) >= 11 is 0. The number of para-hydroxylation sites is 1. The van der Waals surface area contributed by atoms with E-state index >= 15 is 0 Å². The number of nitrogens with zero attached hydrogens (tertiary/aromatic N) is 1. The third kappa shape index (κ3) is 3.38. The number of benzene rings is 3. The minimum absolute atomic E-state index is 0.0135. The Morgan fingerprint density at radius 2 is 1.63 bits per heavy atom. The van der Waals surface area contributed by atoms with Gasteiger partial charge in [-0.25, -0.2) is 0 Å². The summed E-state index contributed by atoms with van der Waals surface area (Å²) in [5.41, 5.74) is 3.40. The molecule has 0 bridgehead atoms.